The van der Waals surface area contributed by atoms with Crippen LogP contribution in [0.25, 0.3) is 0 Å². The second-order valence-electron chi connectivity index (χ2n) is 18.4. The van der Waals surface area contributed by atoms with E-state index in [2.05, 4.69) is 38.6 Å². The van der Waals surface area contributed by atoms with E-state index < -0.39 is 60.6 Å². The molecular weight excluding hydrogens is 961 g/mol. The highest BCUT2D eigenvalue weighted by molar-refractivity contribution is 7.90. The molecule has 4 rings (SSSR count). The average Bonchev–Trinajstić information content (AvgIpc) is 4.21. The van der Waals surface area contributed by atoms with E-state index in [9.17, 15) is 50.4 Å². The number of rotatable bonds is 27. The van der Waals surface area contributed by atoms with E-state index in [1.165, 1.54) is 62.8 Å². The van der Waals surface area contributed by atoms with Crippen molar-refractivity contribution in [2.45, 2.75) is 150 Å². The second kappa shape index (κ2) is 26.9. The number of hydrogen-bond acceptors (Lipinski definition) is 15. The zero-order chi connectivity index (χ0) is 53.0. The number of alkyl carbamates (subject to hydrolysis) is 1. The van der Waals surface area contributed by atoms with Gasteiger partial charge in [-0.2, -0.15) is 0 Å². The molecule has 392 valence electrons. The molecule has 0 heterocycles. The molecule has 0 radical (unpaired) electrons. The van der Waals surface area contributed by atoms with E-state index in [0.29, 0.717) is 32.1 Å². The molecule has 2 saturated carbocycles. The highest BCUT2D eigenvalue weighted by atomic mass is 32.2. The van der Waals surface area contributed by atoms with Crippen LogP contribution in [0.1, 0.15) is 124 Å². The Bertz CT molecular complexity index is 2480. The fraction of sp³-hybridized carbons (Fsp3) is 0.531. The number of esters is 2. The number of nitrogens with one attached hydrogen (secondary N) is 5. The van der Waals surface area contributed by atoms with Gasteiger partial charge in [0.25, 0.3) is 31.9 Å². The third-order valence-electron chi connectivity index (χ3n) is 11.6. The van der Waals surface area contributed by atoms with Crippen molar-refractivity contribution in [3.05, 3.63) is 73.8 Å². The molecule has 71 heavy (non-hydrogen) atoms. The van der Waals surface area contributed by atoms with Crippen LogP contribution in [-0.4, -0.2) is 89.4 Å². The predicted molar refractivity (Wildman–Crippen MR) is 265 cm³/mol. The first kappa shape index (κ1) is 59.2. The predicted octanol–water partition coefficient (Wildman–Crippen LogP) is 6.04. The number of carbonyl (C=O) groups is 7. The maximum atomic E-state index is 13.2. The van der Waals surface area contributed by atoms with Crippen LogP contribution in [0, 0.1) is 11.8 Å². The molecular formula is C49H70N6O14S2. The number of methoxy groups -OCH3 is 2. The van der Waals surface area contributed by atoms with E-state index in [1.54, 1.807) is 32.9 Å². The van der Waals surface area contributed by atoms with E-state index >= 15 is 0 Å². The summed E-state index contributed by atoms with van der Waals surface area (Å²) in [4.78, 5) is 84.3. The molecule has 0 aliphatic heterocycles. The summed E-state index contributed by atoms with van der Waals surface area (Å²) in [7, 11) is -5.92. The van der Waals surface area contributed by atoms with Crippen molar-refractivity contribution in [1.29, 1.82) is 0 Å². The van der Waals surface area contributed by atoms with Gasteiger partial charge in [0.05, 0.1) is 25.6 Å². The van der Waals surface area contributed by atoms with Gasteiger partial charge in [-0.1, -0.05) is 74.9 Å². The van der Waals surface area contributed by atoms with Crippen LogP contribution in [0.15, 0.2) is 83.6 Å². The van der Waals surface area contributed by atoms with Gasteiger partial charge in [-0.15, -0.1) is 13.2 Å². The molecule has 2 aromatic rings. The molecule has 4 atom stereocenters. The first-order valence-electron chi connectivity index (χ1n) is 23.5. The molecule has 7 N–H and O–H groups in total. The molecule has 0 saturated heterocycles. The van der Waals surface area contributed by atoms with E-state index in [4.69, 9.17) is 10.5 Å². The quantitative estimate of drug-likeness (QED) is 0.0257. The summed E-state index contributed by atoms with van der Waals surface area (Å²) in [5.74, 6) is -3.63. The molecule has 2 aliphatic carbocycles. The Hall–Kier alpha value is -6.13. The fourth-order valence-electron chi connectivity index (χ4n) is 7.33. The molecule has 20 nitrogen and oxygen atoms in total. The Labute approximate surface area is 417 Å². The lowest BCUT2D eigenvalue weighted by atomic mass is 10.1. The third-order valence-corrected chi connectivity index (χ3v) is 14.4. The van der Waals surface area contributed by atoms with Crippen LogP contribution in [-0.2, 0) is 63.0 Å². The highest BCUT2D eigenvalue weighted by Crippen LogP contribution is 2.45. The Kier molecular flexibility index (Phi) is 22.4. The van der Waals surface area contributed by atoms with Crippen molar-refractivity contribution in [2.24, 2.45) is 17.6 Å². The van der Waals surface area contributed by atoms with Crippen molar-refractivity contribution in [1.82, 2.24) is 14.8 Å². The Balaban J connectivity index is 0.000000383. The van der Waals surface area contributed by atoms with E-state index in [-0.39, 0.29) is 70.1 Å². The van der Waals surface area contributed by atoms with Crippen LogP contribution >= 0.6 is 0 Å². The highest BCUT2D eigenvalue weighted by Gasteiger charge is 2.61. The van der Waals surface area contributed by atoms with Gasteiger partial charge >= 0.3 is 18.0 Å². The van der Waals surface area contributed by atoms with Crippen LogP contribution in [0.3, 0.4) is 0 Å². The molecule has 0 aromatic heterocycles. The number of hydrogen-bond donors (Lipinski definition) is 6. The summed E-state index contributed by atoms with van der Waals surface area (Å²) in [6, 6.07) is 11.6. The first-order chi connectivity index (χ1) is 33.4. The summed E-state index contributed by atoms with van der Waals surface area (Å²) in [5.41, 5.74) is 2.46. The lowest BCUT2D eigenvalue weighted by molar-refractivity contribution is -0.141. The molecule has 2 aromatic carbocycles. The number of nitrogens with two attached hydrogens (primary N) is 1. The van der Waals surface area contributed by atoms with E-state index in [0.717, 1.165) is 51.4 Å². The van der Waals surface area contributed by atoms with E-state index in [1.807, 2.05) is 9.44 Å². The zero-order valence-corrected chi connectivity index (χ0v) is 42.9. The Morgan fingerprint density at radius 1 is 0.620 bits per heavy atom. The summed E-state index contributed by atoms with van der Waals surface area (Å²) in [6.45, 7) is 12.2. The van der Waals surface area contributed by atoms with Gasteiger partial charge in [-0.05, 0) is 83.6 Å². The lowest BCUT2D eigenvalue weighted by Crippen LogP contribution is -2.52. The normalized spacial score (nSPS) is 19.0. The Morgan fingerprint density at radius 2 is 1.01 bits per heavy atom. The van der Waals surface area contributed by atoms with Crippen LogP contribution in [0.2, 0.25) is 0 Å². The number of amides is 5. The largest absolute Gasteiger partial charge is 0.469 e. The van der Waals surface area contributed by atoms with Gasteiger partial charge in [0, 0.05) is 37.5 Å². The number of benzene rings is 2. The van der Waals surface area contributed by atoms with Crippen LogP contribution < -0.4 is 31.1 Å². The lowest BCUT2D eigenvalue weighted by Gasteiger charge is -2.23. The smallest absolute Gasteiger partial charge is 0.408 e. The number of ether oxygens (including phenoxy) is 3. The standard InChI is InChI=1S/C27H39N3O8S.C22H31N3O6S/c1-6-19-18-27(19,29-25(34)38-26(2,3)4)24(33)30-39(35,36)21-15-13-12-14-20(21)28-22(31)16-10-8-7-9-11-17-23(32)37-5;1-3-16-15-22(16,23)21(28)25-32(29,30)18-12-10-9-11-17(18)24-19(26)13-7-5-4-6-8-14-20(27)31-2/h6,12-15,19H,1,7-11,16-18H2,2-5H3,(H,28,31)(H,29,34)(H,30,33);3,9-12,16H,1,4-8,13-15,23H2,2H3,(H,24,26)(H,25,28)/t19-,27-;16-,22-/m11/s1. The van der Waals surface area contributed by atoms with Crippen LogP contribution in [0.4, 0.5) is 16.2 Å². The minimum atomic E-state index is -4.40. The number of carbonyl (C=O) groups excluding carboxylic acids is 7. The number of anilines is 2. The minimum absolute atomic E-state index is 0.0334. The van der Waals surface area contributed by atoms with Crippen molar-refractivity contribution < 1.29 is 64.6 Å². The van der Waals surface area contributed by atoms with Gasteiger partial charge in [0.2, 0.25) is 11.8 Å². The number of para-hydroxylation sites is 2. The molecule has 0 spiro atoms. The molecule has 0 bridgehead atoms. The Morgan fingerprint density at radius 3 is 1.39 bits per heavy atom. The monoisotopic (exact) mass is 1030 g/mol. The van der Waals surface area contributed by atoms with Gasteiger partial charge in [-0.3, -0.25) is 28.8 Å². The minimum Gasteiger partial charge on any atom is -0.469 e. The van der Waals surface area contributed by atoms with Crippen molar-refractivity contribution >= 4 is 73.1 Å². The molecule has 22 heteroatoms. The van der Waals surface area contributed by atoms with Gasteiger partial charge in [-0.25, -0.2) is 31.1 Å². The van der Waals surface area contributed by atoms with Crippen molar-refractivity contribution in [3.63, 3.8) is 0 Å². The zero-order valence-electron chi connectivity index (χ0n) is 41.3. The SMILES string of the molecule is C=C[C@@H]1C[C@]1(N)C(=O)NS(=O)(=O)c1ccccc1NC(=O)CCCCCCCC(=O)OC.C=C[C@@H]1C[C@]1(NC(=O)OC(C)(C)C)C(=O)NS(=O)(=O)c1ccccc1NC(=O)CCCCCCCC(=O)OC. The van der Waals surface area contributed by atoms with Crippen molar-refractivity contribution in [3.8, 4) is 0 Å². The molecule has 2 aliphatic rings. The number of sulfonamides is 2. The molecule has 5 amide bonds. The summed E-state index contributed by atoms with van der Waals surface area (Å²) >= 11 is 0. The molecule has 0 unspecified atom stereocenters. The van der Waals surface area contributed by atoms with Crippen molar-refractivity contribution in [2.75, 3.05) is 24.9 Å². The number of unbranched alkanes of at least 4 members (excludes halogenated alkanes) is 8. The van der Waals surface area contributed by atoms with Crippen LogP contribution in [0.5, 0.6) is 0 Å². The third kappa shape index (κ3) is 18.9. The van der Waals surface area contributed by atoms with Gasteiger partial charge in [0.1, 0.15) is 26.5 Å². The maximum absolute atomic E-state index is 13.2. The second-order valence-corrected chi connectivity index (χ2v) is 21.7. The topological polar surface area (TPSA) is 302 Å². The average molecular weight is 1030 g/mol. The molecule has 2 fully saturated rings. The van der Waals surface area contributed by atoms with Gasteiger partial charge < -0.3 is 35.9 Å². The fourth-order valence-corrected chi connectivity index (χ4v) is 9.74. The summed E-state index contributed by atoms with van der Waals surface area (Å²) in [6.07, 6.45) is 11.5. The maximum Gasteiger partial charge on any atom is 0.408 e. The summed E-state index contributed by atoms with van der Waals surface area (Å²) < 4.78 is 70.3. The first-order valence-corrected chi connectivity index (χ1v) is 26.5. The summed E-state index contributed by atoms with van der Waals surface area (Å²) in [5, 5.41) is 7.71. The van der Waals surface area contributed by atoms with Gasteiger partial charge in [0.15, 0.2) is 0 Å².